The standard InChI is InChI=1S/C18H24F2N4O3/c1-10-16(24(26)27)15(17(19)20)22-23(10)8-14(25)21-9-18-5-11-2-12(6-18)4-13(3-11)7-18/h11-13,17H,2-9H2,1H3,(H,21,25). The van der Waals surface area contributed by atoms with E-state index in [0.29, 0.717) is 6.54 Å². The molecule has 1 aromatic rings. The Labute approximate surface area is 155 Å². The second kappa shape index (κ2) is 6.53. The lowest BCUT2D eigenvalue weighted by Crippen LogP contribution is -2.51. The summed E-state index contributed by atoms with van der Waals surface area (Å²) in [6.45, 7) is 1.65. The van der Waals surface area contributed by atoms with E-state index >= 15 is 0 Å². The molecule has 4 saturated carbocycles. The van der Waals surface area contributed by atoms with Crippen molar-refractivity contribution < 1.29 is 18.5 Å². The van der Waals surface area contributed by atoms with Crippen LogP contribution in [0.15, 0.2) is 0 Å². The topological polar surface area (TPSA) is 90.1 Å². The summed E-state index contributed by atoms with van der Waals surface area (Å²) in [5.41, 5.74) is -1.45. The van der Waals surface area contributed by atoms with Gasteiger partial charge in [0.25, 0.3) is 6.43 Å². The summed E-state index contributed by atoms with van der Waals surface area (Å²) in [6.07, 6.45) is 4.36. The second-order valence-corrected chi connectivity index (χ2v) is 8.73. The lowest BCUT2D eigenvalue weighted by atomic mass is 9.49. The monoisotopic (exact) mass is 382 g/mol. The van der Waals surface area contributed by atoms with E-state index in [-0.39, 0.29) is 23.6 Å². The second-order valence-electron chi connectivity index (χ2n) is 8.73. The molecule has 5 rings (SSSR count). The molecule has 0 atom stereocenters. The highest BCUT2D eigenvalue weighted by Gasteiger charge is 2.50. The molecule has 4 aliphatic rings. The van der Waals surface area contributed by atoms with E-state index in [1.54, 1.807) is 0 Å². The highest BCUT2D eigenvalue weighted by molar-refractivity contribution is 5.76. The van der Waals surface area contributed by atoms with Gasteiger partial charge < -0.3 is 5.32 Å². The fourth-order valence-electron chi connectivity index (χ4n) is 6.07. The molecule has 4 aliphatic carbocycles. The number of aromatic nitrogens is 2. The predicted molar refractivity (Wildman–Crippen MR) is 92.2 cm³/mol. The third kappa shape index (κ3) is 3.32. The van der Waals surface area contributed by atoms with Gasteiger partial charge in [0, 0.05) is 6.54 Å². The number of hydrogen-bond acceptors (Lipinski definition) is 4. The molecule has 4 bridgehead atoms. The van der Waals surface area contributed by atoms with Gasteiger partial charge in [0.05, 0.1) is 4.92 Å². The van der Waals surface area contributed by atoms with E-state index in [9.17, 15) is 23.7 Å². The quantitative estimate of drug-likeness (QED) is 0.603. The van der Waals surface area contributed by atoms with Gasteiger partial charge in [-0.25, -0.2) is 8.78 Å². The SMILES string of the molecule is Cc1c([N+](=O)[O-])c(C(F)F)nn1CC(=O)NCC12CC3CC(CC(C3)C1)C2. The fraction of sp³-hybridized carbons (Fsp3) is 0.778. The van der Waals surface area contributed by atoms with Gasteiger partial charge >= 0.3 is 5.69 Å². The Morgan fingerprint density at radius 1 is 1.30 bits per heavy atom. The predicted octanol–water partition coefficient (Wildman–Crippen LogP) is 3.37. The van der Waals surface area contributed by atoms with Crippen LogP contribution >= 0.6 is 0 Å². The average molecular weight is 382 g/mol. The summed E-state index contributed by atoms with van der Waals surface area (Å²) >= 11 is 0. The molecule has 0 unspecified atom stereocenters. The maximum absolute atomic E-state index is 13.0. The Balaban J connectivity index is 1.42. The van der Waals surface area contributed by atoms with Gasteiger partial charge in [0.2, 0.25) is 11.6 Å². The van der Waals surface area contributed by atoms with Gasteiger partial charge in [-0.3, -0.25) is 19.6 Å². The lowest BCUT2D eigenvalue weighted by Gasteiger charge is -2.56. The number of carbonyl (C=O) groups is 1. The molecule has 1 aromatic heterocycles. The number of alkyl halides is 2. The maximum atomic E-state index is 13.0. The van der Waals surface area contributed by atoms with Crippen molar-refractivity contribution in [2.75, 3.05) is 6.54 Å². The van der Waals surface area contributed by atoms with Gasteiger partial charge in [-0.05, 0) is 68.6 Å². The van der Waals surface area contributed by atoms with Gasteiger partial charge in [-0.1, -0.05) is 0 Å². The first kappa shape index (κ1) is 18.3. The van der Waals surface area contributed by atoms with Crippen LogP contribution in [0.25, 0.3) is 0 Å². The van der Waals surface area contributed by atoms with Crippen LogP contribution in [0, 0.1) is 40.2 Å². The van der Waals surface area contributed by atoms with Gasteiger partial charge in [-0.2, -0.15) is 5.10 Å². The molecule has 9 heteroatoms. The number of hydrogen-bond donors (Lipinski definition) is 1. The molecular weight excluding hydrogens is 358 g/mol. The molecule has 7 nitrogen and oxygen atoms in total. The third-order valence-corrected chi connectivity index (χ3v) is 6.71. The van der Waals surface area contributed by atoms with Crippen molar-refractivity contribution in [2.24, 2.45) is 23.2 Å². The zero-order chi connectivity index (χ0) is 19.3. The van der Waals surface area contributed by atoms with Crippen molar-refractivity contribution in [1.82, 2.24) is 15.1 Å². The summed E-state index contributed by atoms with van der Waals surface area (Å²) in [5, 5.41) is 17.6. The number of nitro groups is 1. The third-order valence-electron chi connectivity index (χ3n) is 6.71. The van der Waals surface area contributed by atoms with Gasteiger partial charge in [0.15, 0.2) is 0 Å². The zero-order valence-electron chi connectivity index (χ0n) is 15.3. The summed E-state index contributed by atoms with van der Waals surface area (Å²) in [4.78, 5) is 22.6. The maximum Gasteiger partial charge on any atom is 0.319 e. The zero-order valence-corrected chi connectivity index (χ0v) is 15.3. The first-order valence-electron chi connectivity index (χ1n) is 9.53. The van der Waals surface area contributed by atoms with E-state index in [1.165, 1.54) is 26.2 Å². The molecule has 4 fully saturated rings. The van der Waals surface area contributed by atoms with Crippen LogP contribution in [0.5, 0.6) is 0 Å². The summed E-state index contributed by atoms with van der Waals surface area (Å²) in [6, 6.07) is 0. The lowest BCUT2D eigenvalue weighted by molar-refractivity contribution is -0.386. The normalized spacial score (nSPS) is 31.5. The van der Waals surface area contributed by atoms with Crippen molar-refractivity contribution in [2.45, 2.75) is 58.4 Å². The first-order valence-corrected chi connectivity index (χ1v) is 9.53. The summed E-state index contributed by atoms with van der Waals surface area (Å²) in [5.74, 6) is 1.99. The largest absolute Gasteiger partial charge is 0.354 e. The molecule has 0 saturated heterocycles. The minimum Gasteiger partial charge on any atom is -0.354 e. The Morgan fingerprint density at radius 2 is 1.85 bits per heavy atom. The number of nitrogens with zero attached hydrogens (tertiary/aromatic N) is 3. The first-order chi connectivity index (χ1) is 12.8. The molecule has 0 aliphatic heterocycles. The number of rotatable bonds is 6. The van der Waals surface area contributed by atoms with E-state index < -0.39 is 22.7 Å². The number of nitrogens with one attached hydrogen (secondary N) is 1. The molecule has 0 aromatic carbocycles. The van der Waals surface area contributed by atoms with E-state index in [4.69, 9.17) is 0 Å². The molecule has 27 heavy (non-hydrogen) atoms. The van der Waals surface area contributed by atoms with Crippen LogP contribution in [0.3, 0.4) is 0 Å². The van der Waals surface area contributed by atoms with Crippen molar-refractivity contribution >= 4 is 11.6 Å². The van der Waals surface area contributed by atoms with Gasteiger partial charge in [0.1, 0.15) is 12.2 Å². The van der Waals surface area contributed by atoms with Crippen LogP contribution in [0.1, 0.15) is 56.3 Å². The van der Waals surface area contributed by atoms with Crippen molar-refractivity contribution in [1.29, 1.82) is 0 Å². The van der Waals surface area contributed by atoms with Crippen LogP contribution < -0.4 is 5.32 Å². The van der Waals surface area contributed by atoms with E-state index in [1.807, 2.05) is 0 Å². The number of carbonyl (C=O) groups excluding carboxylic acids is 1. The molecular formula is C18H24F2N4O3. The number of halogens is 2. The van der Waals surface area contributed by atoms with Crippen LogP contribution in [0.4, 0.5) is 14.5 Å². The Kier molecular flexibility index (Phi) is 4.43. The van der Waals surface area contributed by atoms with Crippen LogP contribution in [0.2, 0.25) is 0 Å². The Morgan fingerprint density at radius 3 is 2.30 bits per heavy atom. The van der Waals surface area contributed by atoms with Gasteiger partial charge in [-0.15, -0.1) is 0 Å². The van der Waals surface area contributed by atoms with E-state index in [0.717, 1.165) is 41.7 Å². The number of amides is 1. The summed E-state index contributed by atoms with van der Waals surface area (Å²) < 4.78 is 27.0. The van der Waals surface area contributed by atoms with Crippen molar-refractivity contribution in [3.63, 3.8) is 0 Å². The van der Waals surface area contributed by atoms with Crippen molar-refractivity contribution in [3.05, 3.63) is 21.5 Å². The molecule has 148 valence electrons. The highest BCUT2D eigenvalue weighted by Crippen LogP contribution is 2.59. The molecule has 0 spiro atoms. The van der Waals surface area contributed by atoms with Crippen molar-refractivity contribution in [3.8, 4) is 0 Å². The molecule has 1 N–H and O–H groups in total. The Hall–Kier alpha value is -2.06. The molecule has 1 amide bonds. The molecule has 1 heterocycles. The van der Waals surface area contributed by atoms with E-state index in [2.05, 4.69) is 10.4 Å². The minimum absolute atomic E-state index is 0.0275. The summed E-state index contributed by atoms with van der Waals surface area (Å²) in [7, 11) is 0. The fourth-order valence-corrected chi connectivity index (χ4v) is 6.07. The Bertz CT molecular complexity index is 742. The smallest absolute Gasteiger partial charge is 0.319 e. The molecule has 0 radical (unpaired) electrons. The van der Waals surface area contributed by atoms with Crippen LogP contribution in [-0.4, -0.2) is 27.2 Å². The average Bonchev–Trinajstić information content (AvgIpc) is 2.89. The highest BCUT2D eigenvalue weighted by atomic mass is 19.3. The minimum atomic E-state index is -3.06. The van der Waals surface area contributed by atoms with Crippen LogP contribution in [-0.2, 0) is 11.3 Å².